The zero-order valence-electron chi connectivity index (χ0n) is 20.4. The van der Waals surface area contributed by atoms with E-state index in [9.17, 15) is 4.79 Å². The number of carbonyl (C=O) groups is 1. The predicted molar refractivity (Wildman–Crippen MR) is 144 cm³/mol. The molecule has 188 valence electrons. The number of amides is 1. The number of H-pyrrole nitrogens is 1. The van der Waals surface area contributed by atoms with E-state index < -0.39 is 0 Å². The van der Waals surface area contributed by atoms with E-state index >= 15 is 0 Å². The van der Waals surface area contributed by atoms with Crippen LogP contribution in [0.1, 0.15) is 51.4 Å². The fourth-order valence-electron chi connectivity index (χ4n) is 6.83. The Morgan fingerprint density at radius 3 is 2.64 bits per heavy atom. The maximum atomic E-state index is 11.8. The molecule has 7 nitrogen and oxygen atoms in total. The Morgan fingerprint density at radius 2 is 1.83 bits per heavy atom. The van der Waals surface area contributed by atoms with Crippen LogP contribution in [0.2, 0.25) is 5.02 Å². The van der Waals surface area contributed by atoms with Crippen LogP contribution in [0.5, 0.6) is 0 Å². The average Bonchev–Trinajstić information content (AvgIpc) is 3.44. The maximum Gasteiger partial charge on any atom is 0.243 e. The van der Waals surface area contributed by atoms with Gasteiger partial charge in [0, 0.05) is 52.9 Å². The van der Waals surface area contributed by atoms with Crippen LogP contribution in [-0.2, 0) is 4.79 Å². The van der Waals surface area contributed by atoms with E-state index in [1.54, 1.807) is 6.20 Å². The number of halogens is 1. The molecule has 1 aliphatic carbocycles. The van der Waals surface area contributed by atoms with Crippen molar-refractivity contribution in [2.45, 2.75) is 81.6 Å². The molecule has 36 heavy (non-hydrogen) atoms. The monoisotopic (exact) mass is 504 g/mol. The number of nitrogens with zero attached hydrogens (tertiary/aromatic N) is 3. The highest BCUT2D eigenvalue weighted by Gasteiger charge is 2.45. The molecule has 0 radical (unpaired) electrons. The minimum atomic E-state index is -0.0512. The Morgan fingerprint density at radius 1 is 1.08 bits per heavy atom. The summed E-state index contributed by atoms with van der Waals surface area (Å²) in [5.74, 6) is 0.587. The quantitative estimate of drug-likeness (QED) is 0.397. The summed E-state index contributed by atoms with van der Waals surface area (Å²) in [6.45, 7) is 3.60. The minimum Gasteiger partial charge on any atom is -0.360 e. The van der Waals surface area contributed by atoms with Crippen LogP contribution in [0.15, 0.2) is 49.3 Å². The number of aromatic nitrogens is 3. The average molecular weight is 505 g/mol. The number of anilines is 1. The van der Waals surface area contributed by atoms with Crippen molar-refractivity contribution in [3.05, 3.63) is 54.3 Å². The molecule has 3 fully saturated rings. The van der Waals surface area contributed by atoms with Gasteiger partial charge in [-0.1, -0.05) is 36.4 Å². The number of benzene rings is 1. The molecule has 2 saturated heterocycles. The van der Waals surface area contributed by atoms with Crippen molar-refractivity contribution >= 4 is 34.4 Å². The molecule has 8 heteroatoms. The third-order valence-corrected chi connectivity index (χ3v) is 8.59. The lowest BCUT2D eigenvalue weighted by Gasteiger charge is -2.46. The largest absolute Gasteiger partial charge is 0.360 e. The van der Waals surface area contributed by atoms with Gasteiger partial charge in [0.2, 0.25) is 11.9 Å². The van der Waals surface area contributed by atoms with Gasteiger partial charge in [-0.25, -0.2) is 9.97 Å². The zero-order valence-corrected chi connectivity index (χ0v) is 21.2. The summed E-state index contributed by atoms with van der Waals surface area (Å²) in [4.78, 5) is 27.3. The fraction of sp³-hybridized carbons (Fsp3) is 0.464. The van der Waals surface area contributed by atoms with Crippen LogP contribution >= 0.6 is 11.6 Å². The number of nitrogens with one attached hydrogen (secondary N) is 3. The van der Waals surface area contributed by atoms with Gasteiger partial charge in [0.25, 0.3) is 0 Å². The smallest absolute Gasteiger partial charge is 0.243 e. The number of rotatable bonds is 6. The second-order valence-electron chi connectivity index (χ2n) is 10.5. The topological polar surface area (TPSA) is 85.9 Å². The number of piperidine rings is 1. The van der Waals surface area contributed by atoms with Crippen LogP contribution in [0, 0.1) is 0 Å². The highest BCUT2D eigenvalue weighted by molar-refractivity contribution is 6.33. The highest BCUT2D eigenvalue weighted by Crippen LogP contribution is 2.41. The zero-order chi connectivity index (χ0) is 24.6. The second-order valence-corrected chi connectivity index (χ2v) is 10.9. The van der Waals surface area contributed by atoms with E-state index in [0.29, 0.717) is 35.1 Å². The number of hydrogen-bond donors (Lipinski definition) is 3. The van der Waals surface area contributed by atoms with Crippen LogP contribution < -0.4 is 10.6 Å². The molecule has 2 aromatic heterocycles. The molecule has 3 aliphatic rings. The van der Waals surface area contributed by atoms with Crippen molar-refractivity contribution in [1.29, 1.82) is 0 Å². The van der Waals surface area contributed by atoms with Crippen LogP contribution in [0.25, 0.3) is 22.2 Å². The van der Waals surface area contributed by atoms with Crippen molar-refractivity contribution in [3.8, 4) is 11.3 Å². The molecule has 4 heterocycles. The Bertz CT molecular complexity index is 1260. The summed E-state index contributed by atoms with van der Waals surface area (Å²) in [5, 5.41) is 8.43. The van der Waals surface area contributed by atoms with Crippen molar-refractivity contribution < 1.29 is 4.79 Å². The first-order valence-electron chi connectivity index (χ1n) is 13.1. The minimum absolute atomic E-state index is 0.0512. The number of fused-ring (bicyclic) bond motifs is 3. The van der Waals surface area contributed by atoms with E-state index in [2.05, 4.69) is 44.2 Å². The van der Waals surface area contributed by atoms with Gasteiger partial charge in [-0.05, 0) is 63.5 Å². The molecule has 0 spiro atoms. The Hall–Kier alpha value is -2.90. The molecule has 4 atom stereocenters. The maximum absolute atomic E-state index is 11.8. The van der Waals surface area contributed by atoms with Crippen molar-refractivity contribution in [2.24, 2.45) is 0 Å². The Kier molecular flexibility index (Phi) is 6.44. The van der Waals surface area contributed by atoms with Crippen LogP contribution in [0.4, 0.5) is 5.95 Å². The summed E-state index contributed by atoms with van der Waals surface area (Å²) < 4.78 is 0. The summed E-state index contributed by atoms with van der Waals surface area (Å²) >= 11 is 6.54. The summed E-state index contributed by atoms with van der Waals surface area (Å²) in [7, 11) is 0. The third-order valence-electron chi connectivity index (χ3n) is 8.31. The van der Waals surface area contributed by atoms with E-state index in [1.165, 1.54) is 31.8 Å². The van der Waals surface area contributed by atoms with Gasteiger partial charge in [0.05, 0.1) is 16.9 Å². The van der Waals surface area contributed by atoms with Crippen LogP contribution in [-0.4, -0.2) is 56.0 Å². The first-order chi connectivity index (χ1) is 17.6. The lowest BCUT2D eigenvalue weighted by molar-refractivity contribution is -0.117. The van der Waals surface area contributed by atoms with E-state index in [1.807, 2.05) is 18.3 Å². The molecule has 1 aromatic carbocycles. The van der Waals surface area contributed by atoms with E-state index in [0.717, 1.165) is 47.8 Å². The van der Waals surface area contributed by atoms with Gasteiger partial charge in [0.1, 0.15) is 0 Å². The molecule has 3 unspecified atom stereocenters. The van der Waals surface area contributed by atoms with E-state index in [4.69, 9.17) is 16.6 Å². The van der Waals surface area contributed by atoms with Gasteiger partial charge in [-0.3, -0.25) is 9.69 Å². The summed E-state index contributed by atoms with van der Waals surface area (Å²) in [6, 6.07) is 10.5. The standard InChI is InChI=1S/C28H33ClN6O/c1-2-26(36)32-18-13-20-10-11-21(14-18)35(20)19-7-5-6-17(12-19)33-28-31-16-24(29)27(34-28)23-15-30-25-9-4-3-8-22(23)25/h2-4,8-9,15-21,30H,1,5-7,10-14H2,(H,32,36)(H,31,33,34)/t17-,18?,19?,20?,21?/m1/s1. The van der Waals surface area contributed by atoms with Crippen LogP contribution in [0.3, 0.4) is 0 Å². The fourth-order valence-corrected chi connectivity index (χ4v) is 7.02. The lowest BCUT2D eigenvalue weighted by atomic mass is 9.86. The third kappa shape index (κ3) is 4.50. The van der Waals surface area contributed by atoms with E-state index in [-0.39, 0.29) is 11.9 Å². The van der Waals surface area contributed by atoms with Crippen molar-refractivity contribution in [2.75, 3.05) is 5.32 Å². The Balaban J connectivity index is 1.15. The van der Waals surface area contributed by atoms with Gasteiger partial charge in [-0.15, -0.1) is 0 Å². The number of para-hydroxylation sites is 1. The van der Waals surface area contributed by atoms with Gasteiger partial charge < -0.3 is 15.6 Å². The number of hydrogen-bond acceptors (Lipinski definition) is 5. The SMILES string of the molecule is C=CC(=O)NC1CC2CCC(C1)N2C1CCC[C@@H](Nc2ncc(Cl)c(-c3c[nH]c4ccccc34)n2)C1. The molecular formula is C28H33ClN6O. The number of carbonyl (C=O) groups excluding carboxylic acids is 1. The molecule has 2 aliphatic heterocycles. The number of aromatic amines is 1. The first kappa shape index (κ1) is 23.5. The molecular weight excluding hydrogens is 472 g/mol. The van der Waals surface area contributed by atoms with Gasteiger partial charge in [-0.2, -0.15) is 0 Å². The molecule has 2 bridgehead atoms. The molecule has 6 rings (SSSR count). The van der Waals surface area contributed by atoms with Gasteiger partial charge in [0.15, 0.2) is 0 Å². The molecule has 3 N–H and O–H groups in total. The first-order valence-corrected chi connectivity index (χ1v) is 13.5. The van der Waals surface area contributed by atoms with Gasteiger partial charge >= 0.3 is 0 Å². The molecule has 1 saturated carbocycles. The predicted octanol–water partition coefficient (Wildman–Crippen LogP) is 5.30. The molecule has 3 aromatic rings. The summed E-state index contributed by atoms with van der Waals surface area (Å²) in [5.41, 5.74) is 2.81. The molecule has 1 amide bonds. The Labute approximate surface area is 216 Å². The summed E-state index contributed by atoms with van der Waals surface area (Å²) in [6.07, 6.45) is 14.2. The van der Waals surface area contributed by atoms with Crippen molar-refractivity contribution in [3.63, 3.8) is 0 Å². The van der Waals surface area contributed by atoms with Crippen molar-refractivity contribution in [1.82, 2.24) is 25.2 Å². The highest BCUT2D eigenvalue weighted by atomic mass is 35.5. The lowest BCUT2D eigenvalue weighted by Crippen LogP contribution is -2.55. The normalized spacial score (nSPS) is 28.2. The second kappa shape index (κ2) is 9.87.